The largest absolute Gasteiger partial charge is 0.493 e. The van der Waals surface area contributed by atoms with Crippen LogP contribution in [0.25, 0.3) is 10.9 Å². The molecule has 0 N–H and O–H groups in total. The molecule has 1 aromatic carbocycles. The molecule has 9 nitrogen and oxygen atoms in total. The van der Waals surface area contributed by atoms with Gasteiger partial charge in [0.2, 0.25) is 11.8 Å². The average Bonchev–Trinajstić information content (AvgIpc) is 3.31. The minimum atomic E-state index is -0.0899. The highest BCUT2D eigenvalue weighted by Gasteiger charge is 2.28. The highest BCUT2D eigenvalue weighted by molar-refractivity contribution is 5.93. The van der Waals surface area contributed by atoms with Gasteiger partial charge in [-0.3, -0.25) is 9.28 Å². The maximum atomic E-state index is 12.5. The zero-order valence-electron chi connectivity index (χ0n) is 18.6. The lowest BCUT2D eigenvalue weighted by atomic mass is 10.2. The number of amides is 1. The van der Waals surface area contributed by atoms with E-state index < -0.39 is 0 Å². The summed E-state index contributed by atoms with van der Waals surface area (Å²) in [6.45, 7) is 2.43. The van der Waals surface area contributed by atoms with Crippen molar-refractivity contribution in [2.75, 3.05) is 66.4 Å². The summed E-state index contributed by atoms with van der Waals surface area (Å²) in [5.41, 5.74) is 0.791. The van der Waals surface area contributed by atoms with Crippen LogP contribution in [-0.4, -0.2) is 82.3 Å². The van der Waals surface area contributed by atoms with E-state index in [-0.39, 0.29) is 5.91 Å². The highest BCUT2D eigenvalue weighted by atomic mass is 16.5. The molecule has 31 heavy (non-hydrogen) atoms. The van der Waals surface area contributed by atoms with E-state index in [1.807, 2.05) is 12.1 Å². The van der Waals surface area contributed by atoms with Crippen LogP contribution in [-0.2, 0) is 0 Å². The molecule has 164 valence electrons. The molecule has 3 aromatic rings. The maximum absolute atomic E-state index is 12.5. The van der Waals surface area contributed by atoms with E-state index >= 15 is 0 Å². The summed E-state index contributed by atoms with van der Waals surface area (Å²) in [5.74, 6) is 3.08. The predicted octanol–water partition coefficient (Wildman–Crippen LogP) is 2.40. The fourth-order valence-corrected chi connectivity index (χ4v) is 3.75. The maximum Gasteiger partial charge on any atom is 0.289 e. The summed E-state index contributed by atoms with van der Waals surface area (Å²) < 4.78 is 16.7. The van der Waals surface area contributed by atoms with Gasteiger partial charge >= 0.3 is 0 Å². The second kappa shape index (κ2) is 8.07. The zero-order valence-corrected chi connectivity index (χ0v) is 18.6. The molecule has 1 aliphatic heterocycles. The first kappa shape index (κ1) is 20.9. The van der Waals surface area contributed by atoms with E-state index in [1.165, 1.54) is 6.26 Å². The molecule has 3 heterocycles. The lowest BCUT2D eigenvalue weighted by Crippen LogP contribution is -2.49. The van der Waals surface area contributed by atoms with Crippen LogP contribution in [0.4, 0.5) is 11.8 Å². The Hall–Kier alpha value is -3.33. The third-order valence-corrected chi connectivity index (χ3v) is 5.39. The highest BCUT2D eigenvalue weighted by Crippen LogP contribution is 2.37. The molecular weight excluding hydrogens is 398 g/mol. The number of quaternary nitrogens is 1. The fourth-order valence-electron chi connectivity index (χ4n) is 3.75. The molecule has 0 atom stereocenters. The van der Waals surface area contributed by atoms with Crippen LogP contribution in [0.15, 0.2) is 34.9 Å². The number of anilines is 1. The molecule has 1 saturated heterocycles. The number of hydrogen-bond donors (Lipinski definition) is 0. The van der Waals surface area contributed by atoms with Crippen LogP contribution in [0.1, 0.15) is 10.6 Å². The molecule has 4 rings (SSSR count). The Morgan fingerprint density at radius 3 is 2.29 bits per heavy atom. The van der Waals surface area contributed by atoms with E-state index in [2.05, 4.69) is 26.0 Å². The average molecular weight is 426 g/mol. The quantitative estimate of drug-likeness (QED) is 0.580. The molecule has 1 amide bonds. The van der Waals surface area contributed by atoms with E-state index in [4.69, 9.17) is 23.9 Å². The second-order valence-electron chi connectivity index (χ2n) is 8.34. The Labute approximate surface area is 181 Å². The normalized spacial score (nSPS) is 14.7. The summed E-state index contributed by atoms with van der Waals surface area (Å²) in [6, 6.07) is 7.23. The molecular formula is C22H28N5O4+. The van der Waals surface area contributed by atoms with Crippen molar-refractivity contribution in [1.29, 1.82) is 0 Å². The van der Waals surface area contributed by atoms with Crippen molar-refractivity contribution in [2.24, 2.45) is 0 Å². The minimum Gasteiger partial charge on any atom is -0.493 e. The van der Waals surface area contributed by atoms with Gasteiger partial charge < -0.3 is 23.7 Å². The van der Waals surface area contributed by atoms with E-state index in [0.717, 1.165) is 16.7 Å². The van der Waals surface area contributed by atoms with Crippen LogP contribution in [0.2, 0.25) is 0 Å². The van der Waals surface area contributed by atoms with Crippen molar-refractivity contribution in [3.8, 4) is 11.5 Å². The predicted molar refractivity (Wildman–Crippen MR) is 119 cm³/mol. The minimum absolute atomic E-state index is 0.0899. The SMILES string of the molecule is COc1cc2nc(N3CCN(C(=O)c4ccco4)CC3)nc([N+](C)(C)C)c2cc1OC. The van der Waals surface area contributed by atoms with Crippen molar-refractivity contribution >= 4 is 28.6 Å². The summed E-state index contributed by atoms with van der Waals surface area (Å²) in [4.78, 5) is 26.2. The van der Waals surface area contributed by atoms with Gasteiger partial charge in [-0.25, -0.2) is 4.98 Å². The molecule has 0 radical (unpaired) electrons. The smallest absolute Gasteiger partial charge is 0.289 e. The van der Waals surface area contributed by atoms with Gasteiger partial charge in [0.05, 0.1) is 52.5 Å². The molecule has 0 saturated carbocycles. The first-order chi connectivity index (χ1) is 14.8. The number of benzene rings is 1. The van der Waals surface area contributed by atoms with Crippen molar-refractivity contribution in [3.63, 3.8) is 0 Å². The molecule has 2 aromatic heterocycles. The van der Waals surface area contributed by atoms with Crippen LogP contribution in [0, 0.1) is 0 Å². The molecule has 1 fully saturated rings. The van der Waals surface area contributed by atoms with E-state index in [0.29, 0.717) is 53.9 Å². The van der Waals surface area contributed by atoms with Crippen LogP contribution >= 0.6 is 0 Å². The third kappa shape index (κ3) is 4.00. The molecule has 1 aliphatic rings. The van der Waals surface area contributed by atoms with Gasteiger partial charge in [-0.15, -0.1) is 0 Å². The van der Waals surface area contributed by atoms with Gasteiger partial charge in [-0.05, 0) is 12.1 Å². The number of nitrogens with zero attached hydrogens (tertiary/aromatic N) is 5. The Morgan fingerprint density at radius 1 is 1.03 bits per heavy atom. The number of hydrogen-bond acceptors (Lipinski definition) is 7. The topological polar surface area (TPSA) is 80.9 Å². The van der Waals surface area contributed by atoms with Crippen molar-refractivity contribution in [2.45, 2.75) is 0 Å². The molecule has 0 spiro atoms. The molecule has 0 aliphatic carbocycles. The van der Waals surface area contributed by atoms with Gasteiger partial charge in [-0.2, -0.15) is 4.98 Å². The fraction of sp³-hybridized carbons (Fsp3) is 0.409. The second-order valence-corrected chi connectivity index (χ2v) is 8.34. The summed E-state index contributed by atoms with van der Waals surface area (Å²) >= 11 is 0. The van der Waals surface area contributed by atoms with E-state index in [1.54, 1.807) is 31.3 Å². The summed E-state index contributed by atoms with van der Waals surface area (Å²) in [7, 11) is 9.45. The number of piperazine rings is 1. The van der Waals surface area contributed by atoms with Gasteiger partial charge in [-0.1, -0.05) is 0 Å². The summed E-state index contributed by atoms with van der Waals surface area (Å²) in [6.07, 6.45) is 1.52. The summed E-state index contributed by atoms with van der Waals surface area (Å²) in [5, 5.41) is 0.917. The van der Waals surface area contributed by atoms with E-state index in [9.17, 15) is 4.79 Å². The molecule has 9 heteroatoms. The number of fused-ring (bicyclic) bond motifs is 1. The van der Waals surface area contributed by atoms with Crippen LogP contribution in [0.5, 0.6) is 11.5 Å². The molecule has 0 bridgehead atoms. The first-order valence-corrected chi connectivity index (χ1v) is 10.2. The Bertz CT molecular complexity index is 1080. The number of aromatic nitrogens is 2. The first-order valence-electron chi connectivity index (χ1n) is 10.2. The number of rotatable bonds is 5. The lowest BCUT2D eigenvalue weighted by molar-refractivity contribution is 0.0714. The Morgan fingerprint density at radius 2 is 1.71 bits per heavy atom. The lowest BCUT2D eigenvalue weighted by Gasteiger charge is -2.35. The Kier molecular flexibility index (Phi) is 5.45. The zero-order chi connectivity index (χ0) is 22.2. The molecule has 0 unspecified atom stereocenters. The number of methoxy groups -OCH3 is 2. The van der Waals surface area contributed by atoms with Crippen molar-refractivity contribution < 1.29 is 18.7 Å². The van der Waals surface area contributed by atoms with Gasteiger partial charge in [0.1, 0.15) is 0 Å². The number of carbonyl (C=O) groups excluding carboxylic acids is 1. The van der Waals surface area contributed by atoms with Gasteiger partial charge in [0.25, 0.3) is 5.91 Å². The van der Waals surface area contributed by atoms with Crippen LogP contribution in [0.3, 0.4) is 0 Å². The van der Waals surface area contributed by atoms with Crippen molar-refractivity contribution in [3.05, 3.63) is 36.3 Å². The number of ether oxygens (including phenoxy) is 2. The Balaban J connectivity index is 1.66. The standard InChI is InChI=1S/C22H28N5O4/c1-27(2,3)20-15-13-18(29-4)19(30-5)14-16(15)23-22(24-20)26-10-8-25(9-11-26)21(28)17-7-6-12-31-17/h6-7,12-14H,8-11H2,1-5H3/q+1. The number of furan rings is 1. The van der Waals surface area contributed by atoms with Crippen LogP contribution < -0.4 is 18.9 Å². The van der Waals surface area contributed by atoms with Gasteiger partial charge in [0, 0.05) is 38.3 Å². The van der Waals surface area contributed by atoms with Gasteiger partial charge in [0.15, 0.2) is 17.3 Å². The number of carbonyl (C=O) groups is 1. The third-order valence-electron chi connectivity index (χ3n) is 5.39. The van der Waals surface area contributed by atoms with Crippen molar-refractivity contribution in [1.82, 2.24) is 19.4 Å². The monoisotopic (exact) mass is 426 g/mol.